The van der Waals surface area contributed by atoms with Crippen molar-refractivity contribution in [2.75, 3.05) is 16.8 Å². The highest BCUT2D eigenvalue weighted by Gasteiger charge is 2.18. The number of nitrogens with one attached hydrogen (secondary N) is 1. The van der Waals surface area contributed by atoms with Crippen LogP contribution in [-0.4, -0.2) is 23.7 Å². The van der Waals surface area contributed by atoms with Crippen LogP contribution in [0.5, 0.6) is 0 Å². The summed E-state index contributed by atoms with van der Waals surface area (Å²) in [6, 6.07) is 9.98. The van der Waals surface area contributed by atoms with Gasteiger partial charge in [-0.3, -0.25) is 9.69 Å². The van der Waals surface area contributed by atoms with E-state index in [9.17, 15) is 9.59 Å². The molecule has 2 amide bonds. The van der Waals surface area contributed by atoms with Crippen LogP contribution in [0, 0.1) is 0 Å². The molecule has 0 aliphatic heterocycles. The van der Waals surface area contributed by atoms with Crippen molar-refractivity contribution in [3.63, 3.8) is 0 Å². The number of para-hydroxylation sites is 1. The highest BCUT2D eigenvalue weighted by Crippen LogP contribution is 2.17. The summed E-state index contributed by atoms with van der Waals surface area (Å²) in [5, 5.41) is 15.2. The van der Waals surface area contributed by atoms with Gasteiger partial charge < -0.3 is 10.4 Å². The highest BCUT2D eigenvalue weighted by molar-refractivity contribution is 7.08. The molecule has 0 fully saturated rings. The Morgan fingerprint density at radius 2 is 1.95 bits per heavy atom. The number of anilines is 2. The van der Waals surface area contributed by atoms with E-state index in [1.807, 2.05) is 5.38 Å². The number of benzene rings is 1. The van der Waals surface area contributed by atoms with Crippen LogP contribution < -0.4 is 10.2 Å². The molecule has 1 aromatic heterocycles. The van der Waals surface area contributed by atoms with E-state index >= 15 is 0 Å². The molecular formula is C13H12N2O3S. The van der Waals surface area contributed by atoms with Crippen LogP contribution in [0.25, 0.3) is 0 Å². The van der Waals surface area contributed by atoms with Crippen molar-refractivity contribution in [3.8, 4) is 0 Å². The van der Waals surface area contributed by atoms with Crippen LogP contribution in [0.3, 0.4) is 0 Å². The molecule has 1 heterocycles. The molecule has 0 aliphatic carbocycles. The summed E-state index contributed by atoms with van der Waals surface area (Å²) in [4.78, 5) is 24.2. The first-order valence-corrected chi connectivity index (χ1v) is 6.48. The van der Waals surface area contributed by atoms with Crippen LogP contribution in [0.4, 0.5) is 16.2 Å². The number of carboxylic acid groups (broad SMARTS) is 1. The summed E-state index contributed by atoms with van der Waals surface area (Å²) in [7, 11) is 0. The molecule has 0 spiro atoms. The molecule has 2 aromatic rings. The average molecular weight is 276 g/mol. The lowest BCUT2D eigenvalue weighted by atomic mass is 10.3. The Labute approximate surface area is 114 Å². The Morgan fingerprint density at radius 1 is 1.21 bits per heavy atom. The van der Waals surface area contributed by atoms with Crippen molar-refractivity contribution >= 4 is 34.7 Å². The molecule has 5 nitrogen and oxygen atoms in total. The molecule has 0 atom stereocenters. The van der Waals surface area contributed by atoms with Crippen LogP contribution >= 0.6 is 11.3 Å². The Balaban J connectivity index is 2.18. The number of aliphatic carboxylic acids is 1. The van der Waals surface area contributed by atoms with E-state index in [1.54, 1.807) is 41.8 Å². The zero-order valence-corrected chi connectivity index (χ0v) is 10.8. The highest BCUT2D eigenvalue weighted by atomic mass is 32.1. The number of carbonyl (C=O) groups is 2. The first-order valence-electron chi connectivity index (χ1n) is 5.54. The SMILES string of the molecule is O=C(O)CN(C(=O)Nc1ccsc1)c1ccccc1. The van der Waals surface area contributed by atoms with Gasteiger partial charge in [-0.2, -0.15) is 11.3 Å². The normalized spacial score (nSPS) is 9.89. The van der Waals surface area contributed by atoms with Crippen molar-refractivity contribution in [2.45, 2.75) is 0 Å². The van der Waals surface area contributed by atoms with Gasteiger partial charge >= 0.3 is 12.0 Å². The van der Waals surface area contributed by atoms with E-state index < -0.39 is 12.0 Å². The molecule has 0 saturated carbocycles. The minimum Gasteiger partial charge on any atom is -0.480 e. The van der Waals surface area contributed by atoms with Crippen LogP contribution in [0.1, 0.15) is 0 Å². The van der Waals surface area contributed by atoms with E-state index in [4.69, 9.17) is 5.11 Å². The molecule has 0 unspecified atom stereocenters. The zero-order chi connectivity index (χ0) is 13.7. The van der Waals surface area contributed by atoms with Crippen LogP contribution in [-0.2, 0) is 4.79 Å². The lowest BCUT2D eigenvalue weighted by molar-refractivity contribution is -0.135. The Morgan fingerprint density at radius 3 is 2.53 bits per heavy atom. The third kappa shape index (κ3) is 3.56. The number of carbonyl (C=O) groups excluding carboxylic acids is 1. The molecule has 0 saturated heterocycles. The summed E-state index contributed by atoms with van der Waals surface area (Å²) >= 11 is 1.45. The predicted molar refractivity (Wildman–Crippen MR) is 74.8 cm³/mol. The second-order valence-electron chi connectivity index (χ2n) is 3.76. The number of amides is 2. The predicted octanol–water partition coefficient (Wildman–Crippen LogP) is 2.87. The minimum atomic E-state index is -1.07. The first-order chi connectivity index (χ1) is 9.16. The number of thiophene rings is 1. The number of hydrogen-bond donors (Lipinski definition) is 2. The third-order valence-corrected chi connectivity index (χ3v) is 3.06. The first kappa shape index (κ1) is 13.1. The molecule has 0 bridgehead atoms. The van der Waals surface area contributed by atoms with E-state index in [-0.39, 0.29) is 6.54 Å². The Bertz CT molecular complexity index is 555. The average Bonchev–Trinajstić information content (AvgIpc) is 2.89. The maximum absolute atomic E-state index is 12.1. The maximum atomic E-state index is 12.1. The molecular weight excluding hydrogens is 264 g/mol. The quantitative estimate of drug-likeness (QED) is 0.902. The standard InChI is InChI=1S/C13H12N2O3S/c16-12(17)8-15(11-4-2-1-3-5-11)13(18)14-10-6-7-19-9-10/h1-7,9H,8H2,(H,14,18)(H,16,17). The summed E-state index contributed by atoms with van der Waals surface area (Å²) in [6.45, 7) is -0.389. The van der Waals surface area contributed by atoms with E-state index in [2.05, 4.69) is 5.32 Å². The van der Waals surface area contributed by atoms with Crippen molar-refractivity contribution in [3.05, 3.63) is 47.2 Å². The maximum Gasteiger partial charge on any atom is 0.326 e. The molecule has 1 aromatic carbocycles. The van der Waals surface area contributed by atoms with Gasteiger partial charge in [-0.25, -0.2) is 4.79 Å². The Kier molecular flexibility index (Phi) is 4.15. The summed E-state index contributed by atoms with van der Waals surface area (Å²) in [5.74, 6) is -1.07. The van der Waals surface area contributed by atoms with Gasteiger partial charge in [0, 0.05) is 11.1 Å². The number of carboxylic acids is 1. The molecule has 98 valence electrons. The molecule has 19 heavy (non-hydrogen) atoms. The van der Waals surface area contributed by atoms with Crippen molar-refractivity contribution in [1.82, 2.24) is 0 Å². The number of urea groups is 1. The lowest BCUT2D eigenvalue weighted by Gasteiger charge is -2.20. The smallest absolute Gasteiger partial charge is 0.326 e. The summed E-state index contributed by atoms with van der Waals surface area (Å²) in [6.07, 6.45) is 0. The fourth-order valence-electron chi connectivity index (χ4n) is 1.55. The van der Waals surface area contributed by atoms with E-state index in [1.165, 1.54) is 16.2 Å². The minimum absolute atomic E-state index is 0.389. The van der Waals surface area contributed by atoms with Gasteiger partial charge in [-0.05, 0) is 23.6 Å². The molecule has 0 aliphatic rings. The van der Waals surface area contributed by atoms with E-state index in [0.717, 1.165) is 0 Å². The lowest BCUT2D eigenvalue weighted by Crippen LogP contribution is -2.38. The van der Waals surface area contributed by atoms with Crippen molar-refractivity contribution in [1.29, 1.82) is 0 Å². The van der Waals surface area contributed by atoms with Gasteiger partial charge in [0.05, 0.1) is 5.69 Å². The molecule has 0 radical (unpaired) electrons. The van der Waals surface area contributed by atoms with Gasteiger partial charge in [0.1, 0.15) is 6.54 Å². The Hall–Kier alpha value is -2.34. The van der Waals surface area contributed by atoms with Crippen LogP contribution in [0.15, 0.2) is 47.2 Å². The summed E-state index contributed by atoms with van der Waals surface area (Å²) in [5.41, 5.74) is 1.19. The number of nitrogens with zero attached hydrogens (tertiary/aromatic N) is 1. The molecule has 2 N–H and O–H groups in total. The van der Waals surface area contributed by atoms with Crippen LogP contribution in [0.2, 0.25) is 0 Å². The number of rotatable bonds is 4. The van der Waals surface area contributed by atoms with Gasteiger partial charge in [0.25, 0.3) is 0 Å². The monoisotopic (exact) mass is 276 g/mol. The van der Waals surface area contributed by atoms with Gasteiger partial charge in [0.2, 0.25) is 0 Å². The molecule has 6 heteroatoms. The zero-order valence-electron chi connectivity index (χ0n) is 9.95. The van der Waals surface area contributed by atoms with Gasteiger partial charge in [0.15, 0.2) is 0 Å². The number of hydrogen-bond acceptors (Lipinski definition) is 3. The second-order valence-corrected chi connectivity index (χ2v) is 4.54. The van der Waals surface area contributed by atoms with Gasteiger partial charge in [-0.15, -0.1) is 0 Å². The topological polar surface area (TPSA) is 69.6 Å². The largest absolute Gasteiger partial charge is 0.480 e. The fraction of sp³-hybridized carbons (Fsp3) is 0.0769. The second kappa shape index (κ2) is 6.01. The van der Waals surface area contributed by atoms with Crippen molar-refractivity contribution < 1.29 is 14.7 Å². The van der Waals surface area contributed by atoms with Crippen molar-refractivity contribution in [2.24, 2.45) is 0 Å². The summed E-state index contributed by atoms with van der Waals surface area (Å²) < 4.78 is 0. The third-order valence-electron chi connectivity index (χ3n) is 2.38. The van der Waals surface area contributed by atoms with Gasteiger partial charge in [-0.1, -0.05) is 18.2 Å². The fourth-order valence-corrected chi connectivity index (χ4v) is 2.14. The molecule has 2 rings (SSSR count). The van der Waals surface area contributed by atoms with E-state index in [0.29, 0.717) is 11.4 Å².